The summed E-state index contributed by atoms with van der Waals surface area (Å²) in [6.07, 6.45) is 0.962. The van der Waals surface area contributed by atoms with Crippen LogP contribution in [0.4, 0.5) is 0 Å². The van der Waals surface area contributed by atoms with Crippen molar-refractivity contribution in [1.82, 2.24) is 19.3 Å². The summed E-state index contributed by atoms with van der Waals surface area (Å²) < 4.78 is 2.18. The Balaban J connectivity index is 2.36. The van der Waals surface area contributed by atoms with Gasteiger partial charge in [0.25, 0.3) is 5.56 Å². The molecule has 3 rings (SSSR count). The second-order valence-corrected chi connectivity index (χ2v) is 5.06. The number of carboxylic acid groups (broad SMARTS) is 1. The third kappa shape index (κ3) is 1.44. The zero-order valence-electron chi connectivity index (χ0n) is 11.0. The van der Waals surface area contributed by atoms with E-state index in [-0.39, 0.29) is 16.7 Å². The van der Waals surface area contributed by atoms with E-state index in [1.54, 1.807) is 0 Å². The molecule has 0 bridgehead atoms. The lowest BCUT2D eigenvalue weighted by atomic mass is 10.0. The molecule has 0 radical (unpaired) electrons. The van der Waals surface area contributed by atoms with E-state index in [1.165, 1.54) is 24.7 Å². The van der Waals surface area contributed by atoms with Crippen molar-refractivity contribution in [3.05, 3.63) is 32.6 Å². The number of carboxylic acids is 1. The first kappa shape index (κ1) is 12.5. The number of aromatic nitrogens is 4. The summed E-state index contributed by atoms with van der Waals surface area (Å²) in [5.74, 6) is -0.965. The van der Waals surface area contributed by atoms with Gasteiger partial charge in [-0.05, 0) is 18.9 Å². The number of hydrogen-bond donors (Lipinski definition) is 1. The Hall–Kier alpha value is -2.51. The summed E-state index contributed by atoms with van der Waals surface area (Å²) in [4.78, 5) is 35.2. The Bertz CT molecular complexity index is 860. The molecule has 1 saturated carbocycles. The third-order valence-corrected chi connectivity index (χ3v) is 3.85. The van der Waals surface area contributed by atoms with E-state index in [1.807, 2.05) is 0 Å². The molecule has 0 aliphatic heterocycles. The van der Waals surface area contributed by atoms with Crippen LogP contribution >= 0.6 is 0 Å². The van der Waals surface area contributed by atoms with Crippen LogP contribution in [0.2, 0.25) is 0 Å². The minimum Gasteiger partial charge on any atom is -0.481 e. The number of aryl methyl sites for hydroxylation is 1. The number of fused-ring (bicyclic) bond motifs is 1. The van der Waals surface area contributed by atoms with Gasteiger partial charge in [0, 0.05) is 14.1 Å². The van der Waals surface area contributed by atoms with Crippen LogP contribution in [0.3, 0.4) is 0 Å². The van der Waals surface area contributed by atoms with Gasteiger partial charge in [0.15, 0.2) is 5.65 Å². The van der Waals surface area contributed by atoms with Crippen molar-refractivity contribution in [2.24, 2.45) is 14.1 Å². The maximum Gasteiger partial charge on any atom is 0.332 e. The number of carbonyl (C=O) groups is 1. The molecule has 1 aliphatic carbocycles. The molecule has 0 atom stereocenters. The lowest BCUT2D eigenvalue weighted by molar-refractivity contribution is -0.140. The average Bonchev–Trinajstić information content (AvgIpc) is 3.24. The van der Waals surface area contributed by atoms with E-state index in [0.717, 1.165) is 4.57 Å². The zero-order valence-corrected chi connectivity index (χ0v) is 11.0. The van der Waals surface area contributed by atoms with Crippen LogP contribution in [0.5, 0.6) is 0 Å². The predicted molar refractivity (Wildman–Crippen MR) is 68.6 cm³/mol. The molecule has 0 spiro atoms. The molecule has 0 aromatic carbocycles. The van der Waals surface area contributed by atoms with Crippen LogP contribution < -0.4 is 11.2 Å². The van der Waals surface area contributed by atoms with E-state index in [9.17, 15) is 19.5 Å². The van der Waals surface area contributed by atoms with Crippen molar-refractivity contribution < 1.29 is 9.90 Å². The fourth-order valence-electron chi connectivity index (χ4n) is 2.31. The quantitative estimate of drug-likeness (QED) is 0.765. The van der Waals surface area contributed by atoms with Gasteiger partial charge in [0.05, 0.1) is 11.1 Å². The molecule has 0 unspecified atom stereocenters. The molecule has 0 amide bonds. The van der Waals surface area contributed by atoms with Gasteiger partial charge in [-0.25, -0.2) is 4.79 Å². The molecule has 1 N–H and O–H groups in total. The SMILES string of the molecule is Cn1c(=O)c2cc(C3(C(=O)O)CC3)nnc2n(C)c1=O. The molecule has 1 aliphatic rings. The van der Waals surface area contributed by atoms with E-state index in [2.05, 4.69) is 10.2 Å². The highest BCUT2D eigenvalue weighted by atomic mass is 16.4. The Morgan fingerprint density at radius 1 is 1.25 bits per heavy atom. The van der Waals surface area contributed by atoms with Crippen LogP contribution in [0, 0.1) is 0 Å². The zero-order chi connectivity index (χ0) is 14.7. The topological polar surface area (TPSA) is 107 Å². The van der Waals surface area contributed by atoms with Gasteiger partial charge in [-0.15, -0.1) is 5.10 Å². The van der Waals surface area contributed by atoms with Crippen LogP contribution in [0.15, 0.2) is 15.7 Å². The molecule has 8 nitrogen and oxygen atoms in total. The highest BCUT2D eigenvalue weighted by Gasteiger charge is 2.53. The van der Waals surface area contributed by atoms with Crippen molar-refractivity contribution in [2.45, 2.75) is 18.3 Å². The van der Waals surface area contributed by atoms with E-state index in [4.69, 9.17) is 0 Å². The molecule has 20 heavy (non-hydrogen) atoms. The van der Waals surface area contributed by atoms with Crippen LogP contribution in [-0.4, -0.2) is 30.4 Å². The van der Waals surface area contributed by atoms with Gasteiger partial charge >= 0.3 is 11.7 Å². The smallest absolute Gasteiger partial charge is 0.332 e. The Morgan fingerprint density at radius 2 is 1.90 bits per heavy atom. The van der Waals surface area contributed by atoms with Gasteiger partial charge in [-0.3, -0.25) is 18.7 Å². The van der Waals surface area contributed by atoms with Crippen molar-refractivity contribution in [2.75, 3.05) is 0 Å². The Morgan fingerprint density at radius 3 is 2.45 bits per heavy atom. The first-order chi connectivity index (χ1) is 9.38. The maximum atomic E-state index is 12.1. The summed E-state index contributed by atoms with van der Waals surface area (Å²) in [6.45, 7) is 0. The molecule has 8 heteroatoms. The minimum atomic E-state index is -1.03. The summed E-state index contributed by atoms with van der Waals surface area (Å²) >= 11 is 0. The summed E-state index contributed by atoms with van der Waals surface area (Å²) in [7, 11) is 2.86. The van der Waals surface area contributed by atoms with Gasteiger partial charge < -0.3 is 5.11 Å². The fraction of sp³-hybridized carbons (Fsp3) is 0.417. The summed E-state index contributed by atoms with van der Waals surface area (Å²) in [6, 6.07) is 1.44. The molecule has 1 fully saturated rings. The normalized spacial score (nSPS) is 16.3. The van der Waals surface area contributed by atoms with Crippen molar-refractivity contribution in [1.29, 1.82) is 0 Å². The lowest BCUT2D eigenvalue weighted by Gasteiger charge is -2.10. The molecular weight excluding hydrogens is 264 g/mol. The number of rotatable bonds is 2. The molecule has 2 aromatic heterocycles. The van der Waals surface area contributed by atoms with Gasteiger partial charge in [0.1, 0.15) is 5.41 Å². The average molecular weight is 276 g/mol. The number of nitrogens with zero attached hydrogens (tertiary/aromatic N) is 4. The summed E-state index contributed by atoms with van der Waals surface area (Å²) in [5.41, 5.74) is -1.60. The molecular formula is C12H12N4O4. The second-order valence-electron chi connectivity index (χ2n) is 5.06. The minimum absolute atomic E-state index is 0.156. The Labute approximate surface area is 112 Å². The van der Waals surface area contributed by atoms with Crippen molar-refractivity contribution in [3.8, 4) is 0 Å². The van der Waals surface area contributed by atoms with Crippen LogP contribution in [0.25, 0.3) is 11.0 Å². The van der Waals surface area contributed by atoms with Crippen LogP contribution in [0.1, 0.15) is 18.5 Å². The van der Waals surface area contributed by atoms with E-state index >= 15 is 0 Å². The largest absolute Gasteiger partial charge is 0.481 e. The lowest BCUT2D eigenvalue weighted by Crippen LogP contribution is -2.37. The van der Waals surface area contributed by atoms with Crippen molar-refractivity contribution in [3.63, 3.8) is 0 Å². The summed E-state index contributed by atoms with van der Waals surface area (Å²) in [5, 5.41) is 17.2. The monoisotopic (exact) mass is 276 g/mol. The molecule has 2 heterocycles. The first-order valence-corrected chi connectivity index (χ1v) is 6.06. The van der Waals surface area contributed by atoms with Crippen LogP contribution in [-0.2, 0) is 24.3 Å². The number of hydrogen-bond acceptors (Lipinski definition) is 5. The van der Waals surface area contributed by atoms with E-state index in [0.29, 0.717) is 12.8 Å². The standard InChI is InChI=1S/C12H12N4O4/c1-15-8-6(9(17)16(2)11(15)20)5-7(13-14-8)12(3-4-12)10(18)19/h5H,3-4H2,1-2H3,(H,18,19). The highest BCUT2D eigenvalue weighted by Crippen LogP contribution is 2.47. The number of aliphatic carboxylic acids is 1. The Kier molecular flexibility index (Phi) is 2.35. The maximum absolute atomic E-state index is 12.1. The van der Waals surface area contributed by atoms with Gasteiger partial charge in [0.2, 0.25) is 0 Å². The third-order valence-electron chi connectivity index (χ3n) is 3.85. The molecule has 104 valence electrons. The molecule has 0 saturated heterocycles. The molecule has 2 aromatic rings. The van der Waals surface area contributed by atoms with E-state index < -0.39 is 22.6 Å². The highest BCUT2D eigenvalue weighted by molar-refractivity contribution is 5.85. The fourth-order valence-corrected chi connectivity index (χ4v) is 2.31. The second kappa shape index (κ2) is 3.75. The first-order valence-electron chi connectivity index (χ1n) is 6.06. The predicted octanol–water partition coefficient (Wildman–Crippen LogP) is -0.857. The van der Waals surface area contributed by atoms with Crippen molar-refractivity contribution >= 4 is 17.0 Å². The van der Waals surface area contributed by atoms with Gasteiger partial charge in [-0.1, -0.05) is 0 Å². The van der Waals surface area contributed by atoms with Gasteiger partial charge in [-0.2, -0.15) is 5.10 Å².